The van der Waals surface area contributed by atoms with Gasteiger partial charge in [-0.2, -0.15) is 0 Å². The van der Waals surface area contributed by atoms with E-state index in [2.05, 4.69) is 21.5 Å². The maximum absolute atomic E-state index is 15.0. The molecule has 0 spiro atoms. The minimum absolute atomic E-state index is 0.0370. The first kappa shape index (κ1) is 36.2. The Morgan fingerprint density at radius 3 is 2.66 bits per heavy atom. The van der Waals surface area contributed by atoms with Gasteiger partial charge in [-0.25, -0.2) is 13.4 Å². The van der Waals surface area contributed by atoms with Gasteiger partial charge in [0.1, 0.15) is 18.3 Å². The number of likely N-dealkylation sites (N-methyl/N-ethyl adjacent to an activating group) is 1. The van der Waals surface area contributed by atoms with Gasteiger partial charge in [-0.3, -0.25) is 23.9 Å². The van der Waals surface area contributed by atoms with Crippen LogP contribution in [0.1, 0.15) is 96.4 Å². The minimum Gasteiger partial charge on any atom is -0.489 e. The van der Waals surface area contributed by atoms with E-state index in [0.717, 1.165) is 24.0 Å². The molecule has 13 nitrogen and oxygen atoms in total. The van der Waals surface area contributed by atoms with Crippen molar-refractivity contribution >= 4 is 50.1 Å². The Bertz CT molecular complexity index is 2140. The van der Waals surface area contributed by atoms with Crippen LogP contribution in [-0.4, -0.2) is 91.6 Å². The number of ether oxygens (including phenoxy) is 3. The first-order chi connectivity index (χ1) is 27.7. The Morgan fingerprint density at radius 2 is 1.91 bits per heavy atom. The highest BCUT2D eigenvalue weighted by Gasteiger charge is 2.61. The molecule has 3 fully saturated rings. The summed E-state index contributed by atoms with van der Waals surface area (Å²) >= 11 is 0. The van der Waals surface area contributed by atoms with Crippen molar-refractivity contribution in [3.8, 4) is 11.6 Å². The summed E-state index contributed by atoms with van der Waals surface area (Å²) in [6.07, 6.45) is 7.29. The molecule has 3 aliphatic heterocycles. The van der Waals surface area contributed by atoms with Gasteiger partial charge in [-0.1, -0.05) is 26.0 Å². The van der Waals surface area contributed by atoms with Gasteiger partial charge >= 0.3 is 5.97 Å². The zero-order valence-corrected chi connectivity index (χ0v) is 33.7. The van der Waals surface area contributed by atoms with Crippen molar-refractivity contribution in [2.45, 2.75) is 115 Å². The maximum Gasteiger partial charge on any atom is 0.307 e. The number of nitrogens with zero attached hydrogens (tertiary/aromatic N) is 3. The van der Waals surface area contributed by atoms with Crippen molar-refractivity contribution in [1.82, 2.24) is 14.6 Å². The molecule has 2 saturated carbocycles. The fourth-order valence-electron chi connectivity index (χ4n) is 8.79. The van der Waals surface area contributed by atoms with E-state index in [-0.39, 0.29) is 49.4 Å². The summed E-state index contributed by atoms with van der Waals surface area (Å²) in [4.78, 5) is 65.3. The van der Waals surface area contributed by atoms with Crippen molar-refractivity contribution in [2.75, 3.05) is 31.6 Å². The van der Waals surface area contributed by atoms with Crippen LogP contribution in [0.4, 0.5) is 5.69 Å². The molecule has 7 rings (SSSR count). The summed E-state index contributed by atoms with van der Waals surface area (Å²) in [7, 11) is -1.91. The molecule has 5 aliphatic rings. The fraction of sp³-hybridized carbons (Fsp3) is 0.643. The number of rotatable bonds is 7. The molecule has 1 N–H and O–H groups in total. The number of fused-ring (bicyclic) bond motifs is 5. The lowest BCUT2D eigenvalue weighted by molar-refractivity contribution is -0.160. The van der Waals surface area contributed by atoms with Crippen LogP contribution in [0.5, 0.6) is 11.6 Å². The third-order valence-electron chi connectivity index (χ3n) is 12.1. The minimum atomic E-state index is -3.90. The van der Waals surface area contributed by atoms with Crippen LogP contribution in [0.25, 0.3) is 10.8 Å². The molecule has 1 aromatic carbocycles. The van der Waals surface area contributed by atoms with Crippen LogP contribution in [0.15, 0.2) is 36.5 Å². The van der Waals surface area contributed by atoms with E-state index in [1.807, 2.05) is 44.3 Å². The normalized spacial score (nSPS) is 31.6. The number of ketones is 1. The second-order valence-corrected chi connectivity index (χ2v) is 19.2. The number of carbonyl (C=O) groups excluding carboxylic acids is 4. The van der Waals surface area contributed by atoms with E-state index < -0.39 is 81.2 Å². The Balaban J connectivity index is 1.23. The number of sulfonamides is 1. The number of anilines is 1. The van der Waals surface area contributed by atoms with Crippen LogP contribution in [0, 0.1) is 29.1 Å². The lowest BCUT2D eigenvalue weighted by atomic mass is 9.82. The van der Waals surface area contributed by atoms with Crippen molar-refractivity contribution in [1.29, 1.82) is 0 Å². The van der Waals surface area contributed by atoms with Gasteiger partial charge in [0.2, 0.25) is 27.7 Å². The monoisotopic (exact) mass is 795 g/mol. The SMILES string of the molecule is [2H]C([2H])([2H])C(C)(C)OC(=O)C[C@@H]1C(=O)N2C[C@H](Oc3nccc4c5c(ccc34)N(C)CCO5)C[C@H]2C(=O)C[C@]2(C(=O)NS(=O)(=O)C3CC3)C[C@H]2/C=C\CC[C@@H](C)C[C@H]1C. The fourth-order valence-corrected chi connectivity index (χ4v) is 10.2. The van der Waals surface area contributed by atoms with Crippen molar-refractivity contribution in [3.05, 3.63) is 36.5 Å². The van der Waals surface area contributed by atoms with Gasteiger partial charge in [0, 0.05) is 41.0 Å². The molecule has 2 aliphatic carbocycles. The Hall–Kier alpha value is -4.20. The van der Waals surface area contributed by atoms with Gasteiger partial charge in [-0.05, 0) is 95.2 Å². The van der Waals surface area contributed by atoms with Gasteiger partial charge in [-0.15, -0.1) is 0 Å². The standard InChI is InChI=1S/C42H56N4O9S/c1-25-9-7-8-10-27-22-42(27,40(50)44-56(51,52)29-11-12-29)23-35(47)34-20-28(24-46(34)39(49)32(26(2)19-25)21-36(48)55-41(3,4)5)54-38-31-13-14-33-37(30(31)15-16-43-38)53-18-17-45(33)6/h8,10,13-16,25-29,32,34H,7,9,11-12,17-24H2,1-6H3,(H,44,50)/b10-8-/t25-,26-,27-,28-,32+,34+,42-/m1/s1/i3D3. The summed E-state index contributed by atoms with van der Waals surface area (Å²) < 4.78 is 70.0. The smallest absolute Gasteiger partial charge is 0.307 e. The molecule has 56 heavy (non-hydrogen) atoms. The van der Waals surface area contributed by atoms with E-state index in [1.165, 1.54) is 18.7 Å². The number of benzene rings is 1. The van der Waals surface area contributed by atoms with Gasteiger partial charge in [0.25, 0.3) is 0 Å². The Morgan fingerprint density at radius 1 is 1.12 bits per heavy atom. The number of allylic oxidation sites excluding steroid dienone is 2. The highest BCUT2D eigenvalue weighted by Crippen LogP contribution is 2.57. The summed E-state index contributed by atoms with van der Waals surface area (Å²) in [5, 5.41) is 0.846. The molecular formula is C42H56N4O9S. The maximum atomic E-state index is 15.0. The summed E-state index contributed by atoms with van der Waals surface area (Å²) in [5.41, 5.74) is -2.19. The van der Waals surface area contributed by atoms with E-state index in [9.17, 15) is 27.6 Å². The predicted octanol–water partition coefficient (Wildman–Crippen LogP) is 5.35. The molecule has 7 atom stereocenters. The van der Waals surface area contributed by atoms with Gasteiger partial charge in [0.05, 0.1) is 47.8 Å². The largest absolute Gasteiger partial charge is 0.489 e. The third-order valence-corrected chi connectivity index (χ3v) is 13.9. The van der Waals surface area contributed by atoms with Gasteiger partial charge < -0.3 is 24.0 Å². The molecule has 304 valence electrons. The number of nitrogens with one attached hydrogen (secondary N) is 1. The number of aromatic nitrogens is 1. The molecule has 14 heteroatoms. The van der Waals surface area contributed by atoms with Crippen LogP contribution >= 0.6 is 0 Å². The quantitative estimate of drug-likeness (QED) is 0.284. The summed E-state index contributed by atoms with van der Waals surface area (Å²) in [6.45, 7) is 5.14. The number of esters is 1. The number of Topliss-reactive ketones (excluding diaryl/α,β-unsaturated/α-hetero) is 1. The first-order valence-electron chi connectivity index (χ1n) is 21.4. The Kier molecular flexibility index (Phi) is 9.87. The van der Waals surface area contributed by atoms with E-state index in [0.29, 0.717) is 43.4 Å². The molecule has 0 unspecified atom stereocenters. The van der Waals surface area contributed by atoms with Crippen molar-refractivity contribution < 1.29 is 45.9 Å². The average Bonchev–Trinajstić information content (AvgIpc) is 4.08. The summed E-state index contributed by atoms with van der Waals surface area (Å²) in [6, 6.07) is 4.61. The van der Waals surface area contributed by atoms with Crippen LogP contribution < -0.4 is 19.1 Å². The van der Waals surface area contributed by atoms with E-state index >= 15 is 0 Å². The average molecular weight is 796 g/mol. The topological polar surface area (TPSA) is 162 Å². The predicted molar refractivity (Wildman–Crippen MR) is 211 cm³/mol. The van der Waals surface area contributed by atoms with Crippen molar-refractivity contribution in [3.63, 3.8) is 0 Å². The van der Waals surface area contributed by atoms with Crippen LogP contribution in [0.3, 0.4) is 0 Å². The zero-order chi connectivity index (χ0) is 42.7. The highest BCUT2D eigenvalue weighted by molar-refractivity contribution is 7.90. The number of pyridine rings is 1. The Labute approximate surface area is 334 Å². The molecular weight excluding hydrogens is 737 g/mol. The molecule has 1 saturated heterocycles. The third kappa shape index (κ3) is 8.40. The molecule has 2 amide bonds. The lowest BCUT2D eigenvalue weighted by Crippen LogP contribution is -2.47. The molecule has 0 radical (unpaired) electrons. The molecule has 2 aromatic rings. The van der Waals surface area contributed by atoms with E-state index in [1.54, 1.807) is 6.20 Å². The number of hydrogen-bond donors (Lipinski definition) is 1. The number of hydrogen-bond acceptors (Lipinski definition) is 11. The zero-order valence-electron chi connectivity index (χ0n) is 35.9. The second kappa shape index (κ2) is 15.3. The second-order valence-electron chi connectivity index (χ2n) is 17.3. The lowest BCUT2D eigenvalue weighted by Gasteiger charge is -2.32. The van der Waals surface area contributed by atoms with Crippen LogP contribution in [-0.2, 0) is 33.9 Å². The number of amides is 2. The molecule has 0 bridgehead atoms. The first-order valence-corrected chi connectivity index (χ1v) is 21.5. The number of carbonyl (C=O) groups is 4. The van der Waals surface area contributed by atoms with Gasteiger partial charge in [0.15, 0.2) is 11.5 Å². The molecule has 4 heterocycles. The summed E-state index contributed by atoms with van der Waals surface area (Å²) in [5.74, 6) is -3.06. The molecule has 1 aromatic heterocycles. The van der Waals surface area contributed by atoms with E-state index in [4.69, 9.17) is 18.3 Å². The highest BCUT2D eigenvalue weighted by atomic mass is 32.2. The van der Waals surface area contributed by atoms with Crippen molar-refractivity contribution in [2.24, 2.45) is 29.1 Å². The van der Waals surface area contributed by atoms with Crippen LogP contribution in [0.2, 0.25) is 0 Å².